The molecule has 30 heavy (non-hydrogen) atoms. The highest BCUT2D eigenvalue weighted by molar-refractivity contribution is 5.81. The summed E-state index contributed by atoms with van der Waals surface area (Å²) in [4.78, 5) is 24.1. The van der Waals surface area contributed by atoms with Gasteiger partial charge >= 0.3 is 0 Å². The lowest BCUT2D eigenvalue weighted by molar-refractivity contribution is -0.174. The lowest BCUT2D eigenvalue weighted by Crippen LogP contribution is -2.54. The maximum atomic E-state index is 12.9. The standard InChI is InChI=1S/C22H29N5O3/c28-20(25-14-18-4-2-12-29-18)19-16-27-11-8-24-21(27)22(30-19)5-9-26(10-6-22)15-17-3-1-7-23-13-17/h1,3,7-8,11,13,18-19H,2,4-6,9-10,12,14-16H2,(H,25,28). The van der Waals surface area contributed by atoms with E-state index in [1.54, 1.807) is 6.20 Å². The molecule has 3 aliphatic heterocycles. The van der Waals surface area contributed by atoms with E-state index in [4.69, 9.17) is 9.47 Å². The molecule has 0 bridgehead atoms. The average Bonchev–Trinajstić information content (AvgIpc) is 3.47. The zero-order chi connectivity index (χ0) is 20.4. The maximum Gasteiger partial charge on any atom is 0.251 e. The predicted octanol–water partition coefficient (Wildman–Crippen LogP) is 1.46. The van der Waals surface area contributed by atoms with Gasteiger partial charge in [0.25, 0.3) is 5.91 Å². The molecular formula is C22H29N5O3. The molecule has 2 fully saturated rings. The Hall–Kier alpha value is -2.29. The first-order chi connectivity index (χ1) is 14.7. The molecular weight excluding hydrogens is 382 g/mol. The van der Waals surface area contributed by atoms with Gasteiger partial charge in [-0.3, -0.25) is 14.7 Å². The Morgan fingerprint density at radius 3 is 2.97 bits per heavy atom. The van der Waals surface area contributed by atoms with Crippen molar-refractivity contribution in [2.45, 2.75) is 56.6 Å². The van der Waals surface area contributed by atoms with Gasteiger partial charge < -0.3 is 19.4 Å². The van der Waals surface area contributed by atoms with Gasteiger partial charge in [0.05, 0.1) is 12.6 Å². The Labute approximate surface area is 176 Å². The largest absolute Gasteiger partial charge is 0.376 e. The van der Waals surface area contributed by atoms with Gasteiger partial charge in [-0.15, -0.1) is 0 Å². The van der Waals surface area contributed by atoms with Crippen molar-refractivity contribution in [3.63, 3.8) is 0 Å². The number of hydrogen-bond donors (Lipinski definition) is 1. The van der Waals surface area contributed by atoms with E-state index in [0.717, 1.165) is 57.7 Å². The highest BCUT2D eigenvalue weighted by Gasteiger charge is 2.47. The fourth-order valence-corrected chi connectivity index (χ4v) is 4.83. The van der Waals surface area contributed by atoms with Crippen LogP contribution in [0.5, 0.6) is 0 Å². The first-order valence-electron chi connectivity index (χ1n) is 10.9. The maximum absolute atomic E-state index is 12.9. The molecule has 0 radical (unpaired) electrons. The molecule has 160 valence electrons. The predicted molar refractivity (Wildman–Crippen MR) is 110 cm³/mol. The van der Waals surface area contributed by atoms with Gasteiger partial charge in [0.15, 0.2) is 6.10 Å². The Balaban J connectivity index is 1.24. The van der Waals surface area contributed by atoms with Crippen molar-refractivity contribution in [2.24, 2.45) is 0 Å². The van der Waals surface area contributed by atoms with Crippen LogP contribution in [-0.4, -0.2) is 63.8 Å². The Kier molecular flexibility index (Phi) is 5.54. The first kappa shape index (κ1) is 19.7. The monoisotopic (exact) mass is 411 g/mol. The quantitative estimate of drug-likeness (QED) is 0.802. The summed E-state index contributed by atoms with van der Waals surface area (Å²) < 4.78 is 14.2. The highest BCUT2D eigenvalue weighted by atomic mass is 16.5. The van der Waals surface area contributed by atoms with Gasteiger partial charge in [0, 0.05) is 57.6 Å². The summed E-state index contributed by atoms with van der Waals surface area (Å²) in [6, 6.07) is 4.08. The lowest BCUT2D eigenvalue weighted by Gasteiger charge is -2.45. The third kappa shape index (κ3) is 3.99. The van der Waals surface area contributed by atoms with E-state index in [1.807, 2.05) is 24.7 Å². The summed E-state index contributed by atoms with van der Waals surface area (Å²) in [6.45, 7) is 4.52. The summed E-state index contributed by atoms with van der Waals surface area (Å²) in [5.41, 5.74) is 0.713. The summed E-state index contributed by atoms with van der Waals surface area (Å²) in [6.07, 6.45) is 10.8. The molecule has 0 aliphatic carbocycles. The zero-order valence-corrected chi connectivity index (χ0v) is 17.2. The number of hydrogen-bond acceptors (Lipinski definition) is 6. The van der Waals surface area contributed by atoms with Crippen molar-refractivity contribution >= 4 is 5.91 Å². The SMILES string of the molecule is O=C(NCC1CCCO1)C1Cn2ccnc2C2(CCN(Cc3cccnc3)CC2)O1. The second-order valence-corrected chi connectivity index (χ2v) is 8.52. The first-order valence-corrected chi connectivity index (χ1v) is 10.9. The van der Waals surface area contributed by atoms with E-state index in [0.29, 0.717) is 13.1 Å². The van der Waals surface area contributed by atoms with Gasteiger partial charge in [0.2, 0.25) is 0 Å². The molecule has 0 aromatic carbocycles. The number of rotatable bonds is 5. The molecule has 5 heterocycles. The van der Waals surface area contributed by atoms with Gasteiger partial charge in [-0.2, -0.15) is 0 Å². The van der Waals surface area contributed by atoms with Crippen LogP contribution in [0, 0.1) is 0 Å². The van der Waals surface area contributed by atoms with Crippen molar-refractivity contribution in [2.75, 3.05) is 26.2 Å². The summed E-state index contributed by atoms with van der Waals surface area (Å²) >= 11 is 0. The number of amides is 1. The minimum atomic E-state index is -0.502. The molecule has 1 spiro atoms. The molecule has 2 saturated heterocycles. The smallest absolute Gasteiger partial charge is 0.251 e. The van der Waals surface area contributed by atoms with Crippen LogP contribution in [0.3, 0.4) is 0 Å². The van der Waals surface area contributed by atoms with Gasteiger partial charge in [-0.05, 0) is 37.3 Å². The summed E-state index contributed by atoms with van der Waals surface area (Å²) in [5.74, 6) is 0.897. The van der Waals surface area contributed by atoms with Crippen LogP contribution in [0.2, 0.25) is 0 Å². The highest BCUT2D eigenvalue weighted by Crippen LogP contribution is 2.40. The Morgan fingerprint density at radius 1 is 1.30 bits per heavy atom. The molecule has 2 atom stereocenters. The molecule has 5 rings (SSSR count). The van der Waals surface area contributed by atoms with E-state index < -0.39 is 11.7 Å². The summed E-state index contributed by atoms with van der Waals surface area (Å²) in [7, 11) is 0. The number of likely N-dealkylation sites (tertiary alicyclic amines) is 1. The van der Waals surface area contributed by atoms with Gasteiger partial charge in [-0.25, -0.2) is 4.98 Å². The Morgan fingerprint density at radius 2 is 2.20 bits per heavy atom. The third-order valence-corrected chi connectivity index (χ3v) is 6.47. The number of pyridine rings is 1. The third-order valence-electron chi connectivity index (χ3n) is 6.47. The molecule has 0 saturated carbocycles. The van der Waals surface area contributed by atoms with Crippen molar-refractivity contribution in [3.05, 3.63) is 48.3 Å². The van der Waals surface area contributed by atoms with E-state index in [1.165, 1.54) is 5.56 Å². The Bertz CT molecular complexity index is 857. The van der Waals surface area contributed by atoms with Crippen LogP contribution >= 0.6 is 0 Å². The zero-order valence-electron chi connectivity index (χ0n) is 17.2. The number of ether oxygens (including phenoxy) is 2. The normalized spacial score (nSPS) is 25.9. The van der Waals surface area contributed by atoms with E-state index in [9.17, 15) is 4.79 Å². The van der Waals surface area contributed by atoms with Crippen LogP contribution in [0.1, 0.15) is 37.1 Å². The summed E-state index contributed by atoms with van der Waals surface area (Å²) in [5, 5.41) is 3.04. The fraction of sp³-hybridized carbons (Fsp3) is 0.591. The van der Waals surface area contributed by atoms with Crippen molar-refractivity contribution in [3.8, 4) is 0 Å². The van der Waals surface area contributed by atoms with Gasteiger partial charge in [0.1, 0.15) is 11.4 Å². The molecule has 1 amide bonds. The number of fused-ring (bicyclic) bond motifs is 2. The molecule has 1 N–H and O–H groups in total. The van der Waals surface area contributed by atoms with Crippen LogP contribution < -0.4 is 5.32 Å². The van der Waals surface area contributed by atoms with Crippen LogP contribution in [0.25, 0.3) is 0 Å². The molecule has 3 aliphatic rings. The number of nitrogens with one attached hydrogen (secondary N) is 1. The van der Waals surface area contributed by atoms with E-state index in [2.05, 4.69) is 30.8 Å². The van der Waals surface area contributed by atoms with Crippen LogP contribution in [-0.2, 0) is 33.0 Å². The number of aromatic nitrogens is 3. The minimum absolute atomic E-state index is 0.0537. The fourth-order valence-electron chi connectivity index (χ4n) is 4.83. The van der Waals surface area contributed by atoms with Crippen LogP contribution in [0.4, 0.5) is 0 Å². The topological polar surface area (TPSA) is 81.5 Å². The average molecular weight is 412 g/mol. The number of carbonyl (C=O) groups excluding carboxylic acids is 1. The number of nitrogens with zero attached hydrogens (tertiary/aromatic N) is 4. The lowest BCUT2D eigenvalue weighted by atomic mass is 9.88. The molecule has 2 aromatic heterocycles. The van der Waals surface area contributed by atoms with E-state index >= 15 is 0 Å². The molecule has 2 aromatic rings. The molecule has 8 heteroatoms. The molecule has 2 unspecified atom stereocenters. The second kappa shape index (κ2) is 8.45. The van der Waals surface area contributed by atoms with Crippen molar-refractivity contribution in [1.82, 2.24) is 24.8 Å². The van der Waals surface area contributed by atoms with Crippen molar-refractivity contribution < 1.29 is 14.3 Å². The van der Waals surface area contributed by atoms with Crippen molar-refractivity contribution in [1.29, 1.82) is 0 Å². The minimum Gasteiger partial charge on any atom is -0.376 e. The molecule has 8 nitrogen and oxygen atoms in total. The second-order valence-electron chi connectivity index (χ2n) is 8.52. The van der Waals surface area contributed by atoms with Gasteiger partial charge in [-0.1, -0.05) is 6.07 Å². The number of imidazole rings is 1. The van der Waals surface area contributed by atoms with Crippen LogP contribution in [0.15, 0.2) is 36.9 Å². The van der Waals surface area contributed by atoms with E-state index in [-0.39, 0.29) is 12.0 Å². The number of piperidine rings is 1. The number of carbonyl (C=O) groups is 1.